The summed E-state index contributed by atoms with van der Waals surface area (Å²) in [6.45, 7) is 2.77. The van der Waals surface area contributed by atoms with Crippen molar-refractivity contribution in [2.75, 3.05) is 25.6 Å². The van der Waals surface area contributed by atoms with Crippen molar-refractivity contribution in [2.24, 2.45) is 0 Å². The third-order valence-corrected chi connectivity index (χ3v) is 2.13. The van der Waals surface area contributed by atoms with Gasteiger partial charge in [-0.15, -0.1) is 0 Å². The summed E-state index contributed by atoms with van der Waals surface area (Å²) in [5.74, 6) is -0.0800. The van der Waals surface area contributed by atoms with Crippen molar-refractivity contribution < 1.29 is 9.66 Å². The average Bonchev–Trinajstić information content (AvgIpc) is 2.26. The highest BCUT2D eigenvalue weighted by Gasteiger charge is 2.17. The second-order valence-corrected chi connectivity index (χ2v) is 2.99. The third-order valence-electron chi connectivity index (χ3n) is 2.13. The highest BCUT2D eigenvalue weighted by atomic mass is 16.6. The molecule has 0 saturated carbocycles. The van der Waals surface area contributed by atoms with Gasteiger partial charge >= 0.3 is 5.82 Å². The molecule has 82 valence electrons. The summed E-state index contributed by atoms with van der Waals surface area (Å²) in [5.41, 5.74) is 0.792. The number of nitro groups is 1. The molecule has 0 aliphatic heterocycles. The van der Waals surface area contributed by atoms with E-state index in [1.165, 1.54) is 13.3 Å². The minimum absolute atomic E-state index is 0.179. The molecule has 1 heterocycles. The van der Waals surface area contributed by atoms with E-state index in [9.17, 15) is 10.1 Å². The number of methoxy groups -OCH3 is 1. The number of pyridine rings is 1. The molecule has 0 aromatic carbocycles. The van der Waals surface area contributed by atoms with Crippen LogP contribution in [0.15, 0.2) is 12.3 Å². The van der Waals surface area contributed by atoms with Gasteiger partial charge in [-0.2, -0.15) is 0 Å². The van der Waals surface area contributed by atoms with Gasteiger partial charge in [0.1, 0.15) is 0 Å². The van der Waals surface area contributed by atoms with Crippen LogP contribution in [0.2, 0.25) is 0 Å². The van der Waals surface area contributed by atoms with Crippen molar-refractivity contribution in [3.8, 4) is 5.75 Å². The fourth-order valence-electron chi connectivity index (χ4n) is 1.11. The number of hydrogen-bond acceptors (Lipinski definition) is 5. The first-order valence-electron chi connectivity index (χ1n) is 4.49. The van der Waals surface area contributed by atoms with Crippen molar-refractivity contribution in [3.05, 3.63) is 22.4 Å². The zero-order valence-electron chi connectivity index (χ0n) is 8.93. The van der Waals surface area contributed by atoms with Crippen molar-refractivity contribution in [3.63, 3.8) is 0 Å². The van der Waals surface area contributed by atoms with Gasteiger partial charge in [-0.25, -0.2) is 0 Å². The average molecular weight is 211 g/mol. The lowest BCUT2D eigenvalue weighted by Gasteiger charge is -2.15. The molecule has 6 nitrogen and oxygen atoms in total. The Bertz CT molecular complexity index is 368. The van der Waals surface area contributed by atoms with Crippen LogP contribution >= 0.6 is 0 Å². The van der Waals surface area contributed by atoms with Gasteiger partial charge in [-0.05, 0) is 16.8 Å². The number of rotatable bonds is 4. The minimum atomic E-state index is -0.561. The number of aromatic nitrogens is 1. The van der Waals surface area contributed by atoms with Gasteiger partial charge in [0.25, 0.3) is 0 Å². The maximum atomic E-state index is 10.6. The molecule has 0 aliphatic carbocycles. The molecule has 0 radical (unpaired) electrons. The van der Waals surface area contributed by atoms with Crippen molar-refractivity contribution >= 4 is 11.5 Å². The molecule has 0 atom stereocenters. The fourth-order valence-corrected chi connectivity index (χ4v) is 1.11. The first kappa shape index (κ1) is 11.2. The van der Waals surface area contributed by atoms with Crippen LogP contribution in [0, 0.1) is 10.1 Å². The SMILES string of the molecule is CCN(C)c1cnc([N+](=O)[O-])c(OC)c1. The summed E-state index contributed by atoms with van der Waals surface area (Å²) < 4.78 is 4.91. The van der Waals surface area contributed by atoms with Crippen LogP contribution < -0.4 is 9.64 Å². The van der Waals surface area contributed by atoms with Gasteiger partial charge < -0.3 is 19.8 Å². The quantitative estimate of drug-likeness (QED) is 0.557. The summed E-state index contributed by atoms with van der Waals surface area (Å²) in [5, 5.41) is 10.6. The molecule has 1 aromatic rings. The van der Waals surface area contributed by atoms with Crippen molar-refractivity contribution in [1.29, 1.82) is 0 Å². The third kappa shape index (κ3) is 2.34. The Kier molecular flexibility index (Phi) is 3.43. The largest absolute Gasteiger partial charge is 0.489 e. The first-order chi connectivity index (χ1) is 7.10. The molecule has 0 unspecified atom stereocenters. The monoisotopic (exact) mass is 211 g/mol. The van der Waals surface area contributed by atoms with Crippen LogP contribution in [0.5, 0.6) is 5.75 Å². The molecule has 0 spiro atoms. The van der Waals surface area contributed by atoms with E-state index in [1.807, 2.05) is 18.9 Å². The van der Waals surface area contributed by atoms with Gasteiger partial charge in [0.15, 0.2) is 6.20 Å². The van der Waals surface area contributed by atoms with Gasteiger partial charge in [-0.1, -0.05) is 0 Å². The molecular formula is C9H13N3O3. The van der Waals surface area contributed by atoms with Crippen molar-refractivity contribution in [1.82, 2.24) is 4.98 Å². The van der Waals surface area contributed by atoms with Crippen LogP contribution in [0.25, 0.3) is 0 Å². The van der Waals surface area contributed by atoms with Crippen LogP contribution in [0.3, 0.4) is 0 Å². The molecule has 6 heteroatoms. The van der Waals surface area contributed by atoms with E-state index in [-0.39, 0.29) is 11.6 Å². The lowest BCUT2D eigenvalue weighted by molar-refractivity contribution is -0.390. The normalized spacial score (nSPS) is 9.80. The van der Waals surface area contributed by atoms with Gasteiger partial charge in [-0.3, -0.25) is 0 Å². The molecule has 0 bridgehead atoms. The Morgan fingerprint density at radius 3 is 2.80 bits per heavy atom. The maximum Gasteiger partial charge on any atom is 0.406 e. The van der Waals surface area contributed by atoms with E-state index < -0.39 is 4.92 Å². The first-order valence-corrected chi connectivity index (χ1v) is 4.49. The number of nitrogens with zero attached hydrogens (tertiary/aromatic N) is 3. The van der Waals surface area contributed by atoms with E-state index in [1.54, 1.807) is 6.07 Å². The van der Waals surface area contributed by atoms with Crippen LogP contribution in [0.4, 0.5) is 11.5 Å². The van der Waals surface area contributed by atoms with Crippen LogP contribution in [-0.4, -0.2) is 30.6 Å². The summed E-state index contributed by atoms with van der Waals surface area (Å²) >= 11 is 0. The predicted octanol–water partition coefficient (Wildman–Crippen LogP) is 1.45. The number of ether oxygens (including phenoxy) is 1. The highest BCUT2D eigenvalue weighted by Crippen LogP contribution is 2.27. The summed E-state index contributed by atoms with van der Waals surface area (Å²) in [4.78, 5) is 15.7. The Hall–Kier alpha value is -1.85. The topological polar surface area (TPSA) is 68.5 Å². The van der Waals surface area contributed by atoms with E-state index >= 15 is 0 Å². The van der Waals surface area contributed by atoms with E-state index in [2.05, 4.69) is 4.98 Å². The maximum absolute atomic E-state index is 10.6. The molecule has 1 aromatic heterocycles. The fraction of sp³-hybridized carbons (Fsp3) is 0.444. The van der Waals surface area contributed by atoms with Gasteiger partial charge in [0, 0.05) is 19.7 Å². The van der Waals surface area contributed by atoms with E-state index in [0.717, 1.165) is 12.2 Å². The summed E-state index contributed by atoms with van der Waals surface area (Å²) in [7, 11) is 3.27. The highest BCUT2D eigenvalue weighted by molar-refractivity contribution is 5.53. The molecule has 0 saturated heterocycles. The van der Waals surface area contributed by atoms with E-state index in [0.29, 0.717) is 0 Å². The molecular weight excluding hydrogens is 198 g/mol. The second kappa shape index (κ2) is 4.59. The van der Waals surface area contributed by atoms with E-state index in [4.69, 9.17) is 4.74 Å². The van der Waals surface area contributed by atoms with Crippen molar-refractivity contribution in [2.45, 2.75) is 6.92 Å². The van der Waals surface area contributed by atoms with Crippen LogP contribution in [-0.2, 0) is 0 Å². The molecule has 1 rings (SSSR count). The second-order valence-electron chi connectivity index (χ2n) is 2.99. The lowest BCUT2D eigenvalue weighted by Crippen LogP contribution is -2.16. The number of hydrogen-bond donors (Lipinski definition) is 0. The lowest BCUT2D eigenvalue weighted by atomic mass is 10.3. The zero-order chi connectivity index (χ0) is 11.4. The Morgan fingerprint density at radius 1 is 1.67 bits per heavy atom. The molecule has 15 heavy (non-hydrogen) atoms. The van der Waals surface area contributed by atoms with Crippen LogP contribution in [0.1, 0.15) is 6.92 Å². The standard InChI is InChI=1S/C9H13N3O3/c1-4-11(2)7-5-8(15-3)9(10-6-7)12(13)14/h5-6H,4H2,1-3H3. The van der Waals surface area contributed by atoms with Gasteiger partial charge in [0.2, 0.25) is 5.75 Å². The number of anilines is 1. The molecule has 0 N–H and O–H groups in total. The zero-order valence-corrected chi connectivity index (χ0v) is 8.93. The molecule has 0 amide bonds. The Morgan fingerprint density at radius 2 is 2.33 bits per heavy atom. The predicted molar refractivity (Wildman–Crippen MR) is 56.4 cm³/mol. The smallest absolute Gasteiger partial charge is 0.406 e. The minimum Gasteiger partial charge on any atom is -0.489 e. The summed E-state index contributed by atoms with van der Waals surface area (Å²) in [6.07, 6.45) is 1.46. The Balaban J connectivity index is 3.13. The van der Waals surface area contributed by atoms with Gasteiger partial charge in [0.05, 0.1) is 12.8 Å². The molecule has 0 aliphatic rings. The summed E-state index contributed by atoms with van der Waals surface area (Å²) in [6, 6.07) is 1.61. The molecule has 0 fully saturated rings. The Labute approximate surface area is 87.6 Å².